The van der Waals surface area contributed by atoms with Gasteiger partial charge in [-0.2, -0.15) is 0 Å². The molecule has 0 aliphatic heterocycles. The van der Waals surface area contributed by atoms with Crippen molar-refractivity contribution >= 4 is 32.6 Å². The molecular weight excluding hydrogens is 430 g/mol. The van der Waals surface area contributed by atoms with Gasteiger partial charge < -0.3 is 4.74 Å². The van der Waals surface area contributed by atoms with Gasteiger partial charge in [0.25, 0.3) is 5.91 Å². The number of nitrogens with zero attached hydrogens (tertiary/aromatic N) is 3. The molecule has 0 aliphatic carbocycles. The van der Waals surface area contributed by atoms with E-state index in [1.165, 1.54) is 11.3 Å². The van der Waals surface area contributed by atoms with Crippen LogP contribution in [-0.2, 0) is 6.54 Å². The van der Waals surface area contributed by atoms with Gasteiger partial charge in [-0.1, -0.05) is 59.9 Å². The van der Waals surface area contributed by atoms with Gasteiger partial charge >= 0.3 is 0 Å². The standard InChI is InChI=1S/C27H21N3O2S/c1-32-23-14-15-25-24(17-23)29-27(33-25)30(18-22-9-5-6-16-28-22)26(31)21-12-10-20(11-13-21)19-7-3-2-4-8-19/h2-17H,18H2,1H3. The second-order valence-electron chi connectivity index (χ2n) is 7.49. The number of rotatable bonds is 6. The lowest BCUT2D eigenvalue weighted by molar-refractivity contribution is 0.0985. The van der Waals surface area contributed by atoms with Gasteiger partial charge in [0.2, 0.25) is 0 Å². The number of ether oxygens (including phenoxy) is 1. The van der Waals surface area contributed by atoms with Crippen LogP contribution < -0.4 is 9.64 Å². The molecule has 5 rings (SSSR count). The molecule has 0 bridgehead atoms. The van der Waals surface area contributed by atoms with Gasteiger partial charge in [-0.05, 0) is 47.5 Å². The lowest BCUT2D eigenvalue weighted by Crippen LogP contribution is -2.30. The molecule has 2 aromatic heterocycles. The number of carbonyl (C=O) groups is 1. The SMILES string of the molecule is COc1ccc2sc(N(Cc3ccccn3)C(=O)c3ccc(-c4ccccc4)cc3)nc2c1. The number of thiazole rings is 1. The predicted octanol–water partition coefficient (Wildman–Crippen LogP) is 6.21. The Hall–Kier alpha value is -4.03. The van der Waals surface area contributed by atoms with E-state index in [1.807, 2.05) is 78.9 Å². The molecule has 0 N–H and O–H groups in total. The number of hydrogen-bond donors (Lipinski definition) is 0. The molecule has 0 unspecified atom stereocenters. The molecule has 0 radical (unpaired) electrons. The lowest BCUT2D eigenvalue weighted by atomic mass is 10.0. The summed E-state index contributed by atoms with van der Waals surface area (Å²) in [4.78, 5) is 24.5. The van der Waals surface area contributed by atoms with E-state index in [9.17, 15) is 4.79 Å². The maximum Gasteiger partial charge on any atom is 0.260 e. The first-order chi connectivity index (χ1) is 16.2. The average Bonchev–Trinajstić information content (AvgIpc) is 3.31. The zero-order chi connectivity index (χ0) is 22.6. The highest BCUT2D eigenvalue weighted by atomic mass is 32.1. The van der Waals surface area contributed by atoms with Crippen LogP contribution >= 0.6 is 11.3 Å². The Kier molecular flexibility index (Phi) is 5.83. The highest BCUT2D eigenvalue weighted by molar-refractivity contribution is 7.22. The van der Waals surface area contributed by atoms with Crippen molar-refractivity contribution in [2.45, 2.75) is 6.54 Å². The van der Waals surface area contributed by atoms with E-state index >= 15 is 0 Å². The number of methoxy groups -OCH3 is 1. The summed E-state index contributed by atoms with van der Waals surface area (Å²) in [6, 6.07) is 29.2. The largest absolute Gasteiger partial charge is 0.497 e. The van der Waals surface area contributed by atoms with E-state index in [-0.39, 0.29) is 5.91 Å². The van der Waals surface area contributed by atoms with Gasteiger partial charge in [0.1, 0.15) is 5.75 Å². The summed E-state index contributed by atoms with van der Waals surface area (Å²) in [7, 11) is 1.63. The van der Waals surface area contributed by atoms with Gasteiger partial charge in [0.05, 0.1) is 29.6 Å². The van der Waals surface area contributed by atoms with Gasteiger partial charge in [-0.25, -0.2) is 4.98 Å². The Morgan fingerprint density at radius 1 is 0.909 bits per heavy atom. The van der Waals surface area contributed by atoms with Gasteiger partial charge in [-0.3, -0.25) is 14.7 Å². The van der Waals surface area contributed by atoms with Crippen LogP contribution in [0.4, 0.5) is 5.13 Å². The minimum Gasteiger partial charge on any atom is -0.497 e. The van der Waals surface area contributed by atoms with Crippen LogP contribution in [0.2, 0.25) is 0 Å². The summed E-state index contributed by atoms with van der Waals surface area (Å²) < 4.78 is 6.32. The molecule has 162 valence electrons. The van der Waals surface area contributed by atoms with E-state index in [0.717, 1.165) is 32.8 Å². The highest BCUT2D eigenvalue weighted by Crippen LogP contribution is 2.33. The average molecular weight is 452 g/mol. The first-order valence-electron chi connectivity index (χ1n) is 10.5. The summed E-state index contributed by atoms with van der Waals surface area (Å²) in [6.45, 7) is 0.330. The Balaban J connectivity index is 1.50. The minimum absolute atomic E-state index is 0.119. The minimum atomic E-state index is -0.119. The zero-order valence-electron chi connectivity index (χ0n) is 18.0. The number of carbonyl (C=O) groups excluding carboxylic acids is 1. The zero-order valence-corrected chi connectivity index (χ0v) is 18.8. The number of amides is 1. The summed E-state index contributed by atoms with van der Waals surface area (Å²) in [5.41, 5.74) is 4.37. The number of aromatic nitrogens is 2. The third-order valence-corrected chi connectivity index (χ3v) is 6.40. The molecule has 2 heterocycles. The first kappa shape index (κ1) is 20.8. The van der Waals surface area contributed by atoms with Gasteiger partial charge in [-0.15, -0.1) is 0 Å². The fraction of sp³-hybridized carbons (Fsp3) is 0.0741. The summed E-state index contributed by atoms with van der Waals surface area (Å²) in [5, 5.41) is 0.626. The van der Waals surface area contributed by atoms with Crippen molar-refractivity contribution in [3.05, 3.63) is 108 Å². The lowest BCUT2D eigenvalue weighted by Gasteiger charge is -2.20. The van der Waals surface area contributed by atoms with Crippen LogP contribution in [0.3, 0.4) is 0 Å². The van der Waals surface area contributed by atoms with E-state index in [4.69, 9.17) is 9.72 Å². The van der Waals surface area contributed by atoms with Crippen molar-refractivity contribution in [2.24, 2.45) is 0 Å². The van der Waals surface area contributed by atoms with Crippen molar-refractivity contribution in [1.82, 2.24) is 9.97 Å². The molecule has 0 saturated carbocycles. The fourth-order valence-electron chi connectivity index (χ4n) is 3.61. The van der Waals surface area contributed by atoms with Crippen LogP contribution in [-0.4, -0.2) is 23.0 Å². The molecule has 0 aliphatic rings. The first-order valence-corrected chi connectivity index (χ1v) is 11.3. The van der Waals surface area contributed by atoms with Crippen molar-refractivity contribution in [2.75, 3.05) is 12.0 Å². The molecule has 33 heavy (non-hydrogen) atoms. The van der Waals surface area contributed by atoms with Crippen molar-refractivity contribution < 1.29 is 9.53 Å². The molecule has 1 amide bonds. The van der Waals surface area contributed by atoms with Gasteiger partial charge in [0.15, 0.2) is 5.13 Å². The molecule has 5 aromatic rings. The third kappa shape index (κ3) is 4.47. The number of benzene rings is 3. The maximum atomic E-state index is 13.6. The van der Waals surface area contributed by atoms with Crippen molar-refractivity contribution in [3.8, 4) is 16.9 Å². The smallest absolute Gasteiger partial charge is 0.260 e. The van der Waals surface area contributed by atoms with E-state index in [1.54, 1.807) is 18.2 Å². The Labute approximate surface area is 195 Å². The summed E-state index contributed by atoms with van der Waals surface area (Å²) in [5.74, 6) is 0.615. The molecule has 0 spiro atoms. The monoisotopic (exact) mass is 451 g/mol. The Bertz CT molecular complexity index is 1380. The van der Waals surface area contributed by atoms with Crippen LogP contribution in [0, 0.1) is 0 Å². The van der Waals surface area contributed by atoms with Gasteiger partial charge in [0, 0.05) is 17.8 Å². The van der Waals surface area contributed by atoms with Crippen LogP contribution in [0.25, 0.3) is 21.3 Å². The molecule has 0 fully saturated rings. The van der Waals surface area contributed by atoms with E-state index < -0.39 is 0 Å². The number of pyridine rings is 1. The molecule has 0 saturated heterocycles. The second-order valence-corrected chi connectivity index (χ2v) is 8.49. The third-order valence-electron chi connectivity index (χ3n) is 5.34. The predicted molar refractivity (Wildman–Crippen MR) is 133 cm³/mol. The maximum absolute atomic E-state index is 13.6. The molecule has 6 heteroatoms. The van der Waals surface area contributed by atoms with Crippen LogP contribution in [0.1, 0.15) is 16.1 Å². The second kappa shape index (κ2) is 9.22. The van der Waals surface area contributed by atoms with E-state index in [2.05, 4.69) is 17.1 Å². The Morgan fingerprint density at radius 2 is 1.67 bits per heavy atom. The highest BCUT2D eigenvalue weighted by Gasteiger charge is 2.22. The molecule has 0 atom stereocenters. The van der Waals surface area contributed by atoms with Crippen LogP contribution in [0.15, 0.2) is 97.2 Å². The van der Waals surface area contributed by atoms with Crippen molar-refractivity contribution in [1.29, 1.82) is 0 Å². The van der Waals surface area contributed by atoms with Crippen molar-refractivity contribution in [3.63, 3.8) is 0 Å². The molecule has 3 aromatic carbocycles. The van der Waals surface area contributed by atoms with Crippen LogP contribution in [0.5, 0.6) is 5.75 Å². The number of hydrogen-bond acceptors (Lipinski definition) is 5. The van der Waals surface area contributed by atoms with E-state index in [0.29, 0.717) is 17.2 Å². The topological polar surface area (TPSA) is 55.3 Å². The summed E-state index contributed by atoms with van der Waals surface area (Å²) >= 11 is 1.48. The quantitative estimate of drug-likeness (QED) is 0.308. The molecule has 5 nitrogen and oxygen atoms in total. The number of fused-ring (bicyclic) bond motifs is 1. The molecular formula is C27H21N3O2S. The summed E-state index contributed by atoms with van der Waals surface area (Å²) in [6.07, 6.45) is 1.73. The Morgan fingerprint density at radius 3 is 2.39 bits per heavy atom. The normalized spacial score (nSPS) is 10.8. The number of anilines is 1. The fourth-order valence-corrected chi connectivity index (χ4v) is 4.55.